The van der Waals surface area contributed by atoms with Gasteiger partial charge >= 0.3 is 0 Å². The highest BCUT2D eigenvalue weighted by molar-refractivity contribution is 4.88. The van der Waals surface area contributed by atoms with Gasteiger partial charge in [0.25, 0.3) is 0 Å². The van der Waals surface area contributed by atoms with Gasteiger partial charge in [-0.2, -0.15) is 0 Å². The third-order valence-electron chi connectivity index (χ3n) is 3.23. The molecule has 2 heteroatoms. The quantitative estimate of drug-likeness (QED) is 0.684. The number of hydrogen-bond acceptors (Lipinski definition) is 2. The molecule has 0 saturated heterocycles. The van der Waals surface area contributed by atoms with Crippen molar-refractivity contribution >= 4 is 0 Å². The van der Waals surface area contributed by atoms with Crippen LogP contribution < -0.4 is 5.73 Å². The Bertz CT molecular complexity index is 187. The normalized spacial score (nSPS) is 27.6. The number of hydrogen-bond donors (Lipinski definition) is 1. The maximum atomic E-state index is 5.66. The van der Waals surface area contributed by atoms with E-state index in [0.29, 0.717) is 0 Å². The molecule has 0 spiro atoms. The average Bonchev–Trinajstić information content (AvgIpc) is 2.19. The molecule has 0 radical (unpaired) electrons. The summed E-state index contributed by atoms with van der Waals surface area (Å²) in [6.07, 6.45) is 10.6. The van der Waals surface area contributed by atoms with Crippen molar-refractivity contribution in [1.82, 2.24) is 4.90 Å². The minimum absolute atomic E-state index is 0.775. The van der Waals surface area contributed by atoms with E-state index in [1.165, 1.54) is 25.7 Å². The van der Waals surface area contributed by atoms with Gasteiger partial charge in [-0.1, -0.05) is 5.92 Å². The van der Waals surface area contributed by atoms with E-state index in [2.05, 4.69) is 17.9 Å². The van der Waals surface area contributed by atoms with Gasteiger partial charge in [0, 0.05) is 6.54 Å². The molecule has 0 aromatic heterocycles. The van der Waals surface area contributed by atoms with Gasteiger partial charge in [0.2, 0.25) is 0 Å². The van der Waals surface area contributed by atoms with E-state index in [9.17, 15) is 0 Å². The minimum atomic E-state index is 0.775. The second-order valence-corrected chi connectivity index (χ2v) is 4.52. The molecule has 1 saturated carbocycles. The zero-order valence-electron chi connectivity index (χ0n) is 9.21. The van der Waals surface area contributed by atoms with Gasteiger partial charge in [-0.25, -0.2) is 0 Å². The van der Waals surface area contributed by atoms with Crippen LogP contribution in [0.25, 0.3) is 0 Å². The van der Waals surface area contributed by atoms with Crippen molar-refractivity contribution in [1.29, 1.82) is 0 Å². The predicted molar refractivity (Wildman–Crippen MR) is 60.8 cm³/mol. The van der Waals surface area contributed by atoms with Crippen LogP contribution in [0.3, 0.4) is 0 Å². The standard InChI is InChI=1S/C12H22N2/c1-3-8-14(2)10-12-6-4-11(9-13)5-7-12/h1,11-12H,4-10,13H2,2H3. The van der Waals surface area contributed by atoms with Gasteiger partial charge in [-0.05, 0) is 51.1 Å². The van der Waals surface area contributed by atoms with Crippen LogP contribution in [0.4, 0.5) is 0 Å². The molecule has 1 fully saturated rings. The third-order valence-corrected chi connectivity index (χ3v) is 3.23. The first-order chi connectivity index (χ1) is 6.76. The maximum absolute atomic E-state index is 5.66. The Kier molecular flexibility index (Phi) is 5.00. The molecule has 1 aliphatic carbocycles. The van der Waals surface area contributed by atoms with Gasteiger partial charge in [0.1, 0.15) is 0 Å². The van der Waals surface area contributed by atoms with Crippen LogP contribution in [0.5, 0.6) is 0 Å². The summed E-state index contributed by atoms with van der Waals surface area (Å²) in [4.78, 5) is 2.24. The van der Waals surface area contributed by atoms with Gasteiger partial charge in [0.05, 0.1) is 6.54 Å². The maximum Gasteiger partial charge on any atom is 0.0596 e. The Labute approximate surface area is 87.8 Å². The topological polar surface area (TPSA) is 29.3 Å². The van der Waals surface area contributed by atoms with Crippen LogP contribution in [-0.4, -0.2) is 31.6 Å². The highest BCUT2D eigenvalue weighted by Gasteiger charge is 2.20. The summed E-state index contributed by atoms with van der Waals surface area (Å²) in [7, 11) is 2.11. The highest BCUT2D eigenvalue weighted by atomic mass is 15.1. The summed E-state index contributed by atoms with van der Waals surface area (Å²) >= 11 is 0. The molecule has 2 N–H and O–H groups in total. The first kappa shape index (κ1) is 11.6. The Morgan fingerprint density at radius 2 is 1.86 bits per heavy atom. The monoisotopic (exact) mass is 194 g/mol. The van der Waals surface area contributed by atoms with Crippen molar-refractivity contribution in [3.63, 3.8) is 0 Å². The van der Waals surface area contributed by atoms with E-state index in [-0.39, 0.29) is 0 Å². The molecule has 1 aliphatic rings. The first-order valence-electron chi connectivity index (χ1n) is 5.58. The van der Waals surface area contributed by atoms with Crippen LogP contribution in [0.1, 0.15) is 25.7 Å². The largest absolute Gasteiger partial charge is 0.330 e. The fourth-order valence-corrected chi connectivity index (χ4v) is 2.31. The molecule has 2 nitrogen and oxygen atoms in total. The molecule has 0 unspecified atom stereocenters. The van der Waals surface area contributed by atoms with Crippen LogP contribution in [0, 0.1) is 24.2 Å². The molecule has 0 heterocycles. The van der Waals surface area contributed by atoms with E-state index in [1.54, 1.807) is 0 Å². The summed E-state index contributed by atoms with van der Waals surface area (Å²) in [5, 5.41) is 0. The van der Waals surface area contributed by atoms with E-state index < -0.39 is 0 Å². The SMILES string of the molecule is C#CCN(C)CC1CCC(CN)CC1. The summed E-state index contributed by atoms with van der Waals surface area (Å²) < 4.78 is 0. The van der Waals surface area contributed by atoms with E-state index in [4.69, 9.17) is 12.2 Å². The summed E-state index contributed by atoms with van der Waals surface area (Å²) in [5.41, 5.74) is 5.66. The lowest BCUT2D eigenvalue weighted by Crippen LogP contribution is -2.30. The zero-order chi connectivity index (χ0) is 10.4. The van der Waals surface area contributed by atoms with Crippen molar-refractivity contribution in [3.05, 3.63) is 0 Å². The lowest BCUT2D eigenvalue weighted by Gasteiger charge is -2.30. The second-order valence-electron chi connectivity index (χ2n) is 4.52. The molecule has 0 aromatic rings. The Morgan fingerprint density at radius 1 is 1.29 bits per heavy atom. The van der Waals surface area contributed by atoms with E-state index >= 15 is 0 Å². The van der Waals surface area contributed by atoms with Crippen molar-refractivity contribution in [2.24, 2.45) is 17.6 Å². The average molecular weight is 194 g/mol. The van der Waals surface area contributed by atoms with Crippen LogP contribution in [-0.2, 0) is 0 Å². The van der Waals surface area contributed by atoms with Crippen molar-refractivity contribution in [3.8, 4) is 12.3 Å². The van der Waals surface area contributed by atoms with Crippen LogP contribution >= 0.6 is 0 Å². The van der Waals surface area contributed by atoms with Gasteiger partial charge < -0.3 is 5.73 Å². The minimum Gasteiger partial charge on any atom is -0.330 e. The fourth-order valence-electron chi connectivity index (χ4n) is 2.31. The molecule has 0 aromatic carbocycles. The van der Waals surface area contributed by atoms with Crippen LogP contribution in [0.2, 0.25) is 0 Å². The van der Waals surface area contributed by atoms with E-state index in [1.807, 2.05) is 0 Å². The summed E-state index contributed by atoms with van der Waals surface area (Å²) in [6.45, 7) is 2.80. The molecule has 80 valence electrons. The molecule has 0 aliphatic heterocycles. The first-order valence-corrected chi connectivity index (χ1v) is 5.58. The summed E-state index contributed by atoms with van der Waals surface area (Å²) in [6, 6.07) is 0. The number of nitrogens with zero attached hydrogens (tertiary/aromatic N) is 1. The van der Waals surface area contributed by atoms with Gasteiger partial charge in [-0.3, -0.25) is 4.90 Å². The molecule has 1 rings (SSSR count). The highest BCUT2D eigenvalue weighted by Crippen LogP contribution is 2.28. The smallest absolute Gasteiger partial charge is 0.0596 e. The molecular formula is C12H22N2. The zero-order valence-corrected chi connectivity index (χ0v) is 9.21. The number of terminal acetylenes is 1. The van der Waals surface area contributed by atoms with Crippen molar-refractivity contribution in [2.75, 3.05) is 26.7 Å². The number of nitrogens with two attached hydrogens (primary N) is 1. The fraction of sp³-hybridized carbons (Fsp3) is 0.833. The Morgan fingerprint density at radius 3 is 2.36 bits per heavy atom. The Hall–Kier alpha value is -0.520. The molecule has 0 bridgehead atoms. The lowest BCUT2D eigenvalue weighted by atomic mass is 9.82. The van der Waals surface area contributed by atoms with Gasteiger partial charge in [-0.15, -0.1) is 6.42 Å². The number of rotatable bonds is 4. The predicted octanol–water partition coefficient (Wildman–Crippen LogP) is 1.32. The second kappa shape index (κ2) is 6.06. The lowest BCUT2D eigenvalue weighted by molar-refractivity contribution is 0.217. The molecular weight excluding hydrogens is 172 g/mol. The Balaban J connectivity index is 2.19. The molecule has 0 amide bonds. The van der Waals surface area contributed by atoms with Crippen LogP contribution in [0.15, 0.2) is 0 Å². The van der Waals surface area contributed by atoms with Crippen molar-refractivity contribution in [2.45, 2.75) is 25.7 Å². The van der Waals surface area contributed by atoms with Crippen molar-refractivity contribution < 1.29 is 0 Å². The van der Waals surface area contributed by atoms with Gasteiger partial charge in [0.15, 0.2) is 0 Å². The summed E-state index contributed by atoms with van der Waals surface area (Å²) in [5.74, 6) is 4.31. The van der Waals surface area contributed by atoms with E-state index in [0.717, 1.165) is 31.5 Å². The molecule has 0 atom stereocenters. The molecule has 14 heavy (non-hydrogen) atoms. The third kappa shape index (κ3) is 3.69.